The first kappa shape index (κ1) is 20.5. The molecular weight excluding hydrogens is 386 g/mol. The lowest BCUT2D eigenvalue weighted by Crippen LogP contribution is -2.49. The molecule has 1 saturated heterocycles. The van der Waals surface area contributed by atoms with E-state index >= 15 is 0 Å². The Balaban J connectivity index is 1.46. The molecule has 4 nitrogen and oxygen atoms in total. The van der Waals surface area contributed by atoms with E-state index in [1.165, 1.54) is 12.1 Å². The van der Waals surface area contributed by atoms with Crippen molar-refractivity contribution in [2.45, 2.75) is 50.6 Å². The number of hydrogen-bond acceptors (Lipinski definition) is 2. The molecule has 1 N–H and O–H groups in total. The Morgan fingerprint density at radius 3 is 2.43 bits per heavy atom. The highest BCUT2D eigenvalue weighted by Crippen LogP contribution is 2.40. The normalized spacial score (nSPS) is 23.1. The standard InChI is InChI=1S/C24H26F2N2O2/c25-19-12-16(13-20(26)15-19)10-11-27-23(29)22-14-18-8-4-5-9-21(18)28(22)24(30)17-6-2-1-3-7-17/h1-3,6-7,12-13,15,18,21-22H,4-5,8-11,14H2,(H,27,29). The molecule has 1 aliphatic carbocycles. The van der Waals surface area contributed by atoms with Crippen LogP contribution in [0.4, 0.5) is 8.78 Å². The summed E-state index contributed by atoms with van der Waals surface area (Å²) >= 11 is 0. The number of amides is 2. The van der Waals surface area contributed by atoms with Gasteiger partial charge in [-0.3, -0.25) is 9.59 Å². The molecule has 3 atom stereocenters. The number of nitrogens with zero attached hydrogens (tertiary/aromatic N) is 1. The summed E-state index contributed by atoms with van der Waals surface area (Å²) in [7, 11) is 0. The number of benzene rings is 2. The van der Waals surface area contributed by atoms with Gasteiger partial charge in [0.1, 0.15) is 17.7 Å². The zero-order valence-corrected chi connectivity index (χ0v) is 16.8. The average molecular weight is 412 g/mol. The second-order valence-electron chi connectivity index (χ2n) is 8.26. The van der Waals surface area contributed by atoms with Crippen LogP contribution < -0.4 is 5.32 Å². The predicted octanol–water partition coefficient (Wildman–Crippen LogP) is 4.10. The third-order valence-corrected chi connectivity index (χ3v) is 6.28. The van der Waals surface area contributed by atoms with E-state index in [4.69, 9.17) is 0 Å². The van der Waals surface area contributed by atoms with Gasteiger partial charge in [-0.25, -0.2) is 8.78 Å². The van der Waals surface area contributed by atoms with Crippen LogP contribution in [0.25, 0.3) is 0 Å². The van der Waals surface area contributed by atoms with Gasteiger partial charge in [0.25, 0.3) is 5.91 Å². The molecule has 2 aromatic rings. The van der Waals surface area contributed by atoms with Gasteiger partial charge in [0.05, 0.1) is 0 Å². The van der Waals surface area contributed by atoms with Crippen molar-refractivity contribution in [3.8, 4) is 0 Å². The van der Waals surface area contributed by atoms with Gasteiger partial charge < -0.3 is 10.2 Å². The van der Waals surface area contributed by atoms with E-state index in [1.807, 2.05) is 18.2 Å². The van der Waals surface area contributed by atoms with Gasteiger partial charge in [-0.15, -0.1) is 0 Å². The van der Waals surface area contributed by atoms with Crippen LogP contribution in [0.3, 0.4) is 0 Å². The van der Waals surface area contributed by atoms with Crippen LogP contribution in [0.5, 0.6) is 0 Å². The number of likely N-dealkylation sites (tertiary alicyclic amines) is 1. The van der Waals surface area contributed by atoms with Gasteiger partial charge in [-0.2, -0.15) is 0 Å². The second kappa shape index (κ2) is 8.94. The van der Waals surface area contributed by atoms with E-state index in [-0.39, 0.29) is 24.4 Å². The van der Waals surface area contributed by atoms with Crippen LogP contribution in [0, 0.1) is 17.6 Å². The van der Waals surface area contributed by atoms with Crippen molar-refractivity contribution in [2.24, 2.45) is 5.92 Å². The lowest BCUT2D eigenvalue weighted by Gasteiger charge is -2.33. The molecule has 0 bridgehead atoms. The molecule has 4 rings (SSSR count). The minimum Gasteiger partial charge on any atom is -0.354 e. The van der Waals surface area contributed by atoms with E-state index in [1.54, 1.807) is 17.0 Å². The van der Waals surface area contributed by atoms with Crippen LogP contribution in [-0.2, 0) is 11.2 Å². The van der Waals surface area contributed by atoms with Crippen molar-refractivity contribution in [3.63, 3.8) is 0 Å². The molecular formula is C24H26F2N2O2. The van der Waals surface area contributed by atoms with E-state index in [0.29, 0.717) is 29.9 Å². The monoisotopic (exact) mass is 412 g/mol. The van der Waals surface area contributed by atoms with Crippen molar-refractivity contribution in [1.29, 1.82) is 0 Å². The summed E-state index contributed by atoms with van der Waals surface area (Å²) in [4.78, 5) is 28.0. The largest absolute Gasteiger partial charge is 0.354 e. The topological polar surface area (TPSA) is 49.4 Å². The molecule has 2 fully saturated rings. The zero-order chi connectivity index (χ0) is 21.1. The van der Waals surface area contributed by atoms with Gasteiger partial charge in [0.2, 0.25) is 5.91 Å². The van der Waals surface area contributed by atoms with E-state index < -0.39 is 17.7 Å². The van der Waals surface area contributed by atoms with Gasteiger partial charge >= 0.3 is 0 Å². The Morgan fingerprint density at radius 1 is 1.00 bits per heavy atom. The smallest absolute Gasteiger partial charge is 0.254 e. The fourth-order valence-electron chi connectivity index (χ4n) is 4.92. The minimum absolute atomic E-state index is 0.0968. The Morgan fingerprint density at radius 2 is 1.70 bits per heavy atom. The van der Waals surface area contributed by atoms with E-state index in [0.717, 1.165) is 31.7 Å². The highest BCUT2D eigenvalue weighted by Gasteiger charge is 2.47. The summed E-state index contributed by atoms with van der Waals surface area (Å²) in [6.07, 6.45) is 5.16. The van der Waals surface area contributed by atoms with Crippen LogP contribution >= 0.6 is 0 Å². The maximum Gasteiger partial charge on any atom is 0.254 e. The van der Waals surface area contributed by atoms with Crippen LogP contribution in [0.15, 0.2) is 48.5 Å². The number of carbonyl (C=O) groups excluding carboxylic acids is 2. The molecule has 6 heteroatoms. The summed E-state index contributed by atoms with van der Waals surface area (Å²) in [6.45, 7) is 0.265. The summed E-state index contributed by atoms with van der Waals surface area (Å²) in [5.74, 6) is -1.20. The van der Waals surface area contributed by atoms with Crippen molar-refractivity contribution in [1.82, 2.24) is 10.2 Å². The van der Waals surface area contributed by atoms with E-state index in [2.05, 4.69) is 5.32 Å². The van der Waals surface area contributed by atoms with Crippen molar-refractivity contribution in [2.75, 3.05) is 6.54 Å². The van der Waals surface area contributed by atoms with Crippen LogP contribution in [0.2, 0.25) is 0 Å². The van der Waals surface area contributed by atoms with Crippen molar-refractivity contribution in [3.05, 3.63) is 71.3 Å². The summed E-state index contributed by atoms with van der Waals surface area (Å²) < 4.78 is 26.7. The molecule has 1 aliphatic heterocycles. The maximum absolute atomic E-state index is 13.4. The number of halogens is 2. The van der Waals surface area contributed by atoms with Gasteiger partial charge in [-0.1, -0.05) is 31.0 Å². The molecule has 1 saturated carbocycles. The quantitative estimate of drug-likeness (QED) is 0.804. The van der Waals surface area contributed by atoms with Crippen LogP contribution in [0.1, 0.15) is 48.0 Å². The molecule has 1 heterocycles. The van der Waals surface area contributed by atoms with Crippen LogP contribution in [-0.4, -0.2) is 35.3 Å². The fraction of sp³-hybridized carbons (Fsp3) is 0.417. The molecule has 2 amide bonds. The number of hydrogen-bond donors (Lipinski definition) is 1. The lowest BCUT2D eigenvalue weighted by molar-refractivity contribution is -0.125. The predicted molar refractivity (Wildman–Crippen MR) is 110 cm³/mol. The SMILES string of the molecule is O=C(NCCc1cc(F)cc(F)c1)C1CC2CCCCC2N1C(=O)c1ccccc1. The number of carbonyl (C=O) groups is 2. The maximum atomic E-state index is 13.4. The lowest BCUT2D eigenvalue weighted by atomic mass is 9.84. The first-order chi connectivity index (χ1) is 14.5. The first-order valence-electron chi connectivity index (χ1n) is 10.6. The molecule has 0 spiro atoms. The Labute approximate surface area is 175 Å². The molecule has 3 unspecified atom stereocenters. The number of fused-ring (bicyclic) bond motifs is 1. The Bertz CT molecular complexity index is 898. The highest BCUT2D eigenvalue weighted by atomic mass is 19.1. The van der Waals surface area contributed by atoms with Crippen molar-refractivity contribution >= 4 is 11.8 Å². The molecule has 2 aliphatic rings. The third-order valence-electron chi connectivity index (χ3n) is 6.28. The Hall–Kier alpha value is -2.76. The summed E-state index contributed by atoms with van der Waals surface area (Å²) in [5, 5.41) is 2.88. The van der Waals surface area contributed by atoms with Gasteiger partial charge in [0, 0.05) is 24.2 Å². The molecule has 0 radical (unpaired) electrons. The molecule has 158 valence electrons. The number of rotatable bonds is 5. The average Bonchev–Trinajstić information content (AvgIpc) is 3.13. The molecule has 30 heavy (non-hydrogen) atoms. The fourth-order valence-corrected chi connectivity index (χ4v) is 4.92. The molecule has 0 aromatic heterocycles. The zero-order valence-electron chi connectivity index (χ0n) is 16.8. The number of nitrogens with one attached hydrogen (secondary N) is 1. The van der Waals surface area contributed by atoms with Crippen molar-refractivity contribution < 1.29 is 18.4 Å². The van der Waals surface area contributed by atoms with E-state index in [9.17, 15) is 18.4 Å². The summed E-state index contributed by atoms with van der Waals surface area (Å²) in [5.41, 5.74) is 1.09. The highest BCUT2D eigenvalue weighted by molar-refractivity contribution is 5.98. The first-order valence-corrected chi connectivity index (χ1v) is 10.6. The van der Waals surface area contributed by atoms with Gasteiger partial charge in [0.15, 0.2) is 0 Å². The second-order valence-corrected chi connectivity index (χ2v) is 8.26. The van der Waals surface area contributed by atoms with Gasteiger partial charge in [-0.05, 0) is 61.4 Å². The Kier molecular flexibility index (Phi) is 6.11. The minimum atomic E-state index is -0.629. The summed E-state index contributed by atoms with van der Waals surface area (Å²) in [6, 6.07) is 12.0. The third kappa shape index (κ3) is 4.37. The molecule has 2 aromatic carbocycles.